The van der Waals surface area contributed by atoms with Crippen LogP contribution in [-0.2, 0) is 6.42 Å². The van der Waals surface area contributed by atoms with Gasteiger partial charge >= 0.3 is 0 Å². The van der Waals surface area contributed by atoms with E-state index in [1.165, 1.54) is 11.8 Å². The van der Waals surface area contributed by atoms with Gasteiger partial charge < -0.3 is 19.5 Å². The molecule has 7 heteroatoms. The van der Waals surface area contributed by atoms with Crippen LogP contribution in [0.3, 0.4) is 0 Å². The van der Waals surface area contributed by atoms with Crippen molar-refractivity contribution in [2.24, 2.45) is 0 Å². The predicted octanol–water partition coefficient (Wildman–Crippen LogP) is 3.08. The lowest BCUT2D eigenvalue weighted by molar-refractivity contribution is 0.0714. The van der Waals surface area contributed by atoms with Gasteiger partial charge in [0, 0.05) is 38.8 Å². The van der Waals surface area contributed by atoms with E-state index in [0.717, 1.165) is 44.1 Å². The topological polar surface area (TPSA) is 74.5 Å². The maximum absolute atomic E-state index is 12.4. The molecule has 29 heavy (non-hydrogen) atoms. The summed E-state index contributed by atoms with van der Waals surface area (Å²) < 4.78 is 5.22. The maximum Gasteiger partial charge on any atom is 0.289 e. The lowest BCUT2D eigenvalue weighted by atomic mass is 10.1. The molecule has 1 saturated heterocycles. The van der Waals surface area contributed by atoms with Gasteiger partial charge in [-0.05, 0) is 30.5 Å². The molecule has 4 rings (SSSR count). The first-order chi connectivity index (χ1) is 14.3. The molecule has 1 aliphatic heterocycles. The average Bonchev–Trinajstić information content (AvgIpc) is 3.32. The van der Waals surface area contributed by atoms with Gasteiger partial charge in [0.25, 0.3) is 5.91 Å². The van der Waals surface area contributed by atoms with Crippen LogP contribution in [-0.4, -0.2) is 53.5 Å². The standard InChI is InChI=1S/C22H25N5O2/c28-22(19-9-5-15-29-19)27-13-11-26(12-14-27)21-16-20(24-17-25-21)23-10-4-8-18-6-2-1-3-7-18/h1-3,5-7,9,15-17H,4,8,10-14H2,(H,23,24,25). The Hall–Kier alpha value is -3.35. The van der Waals surface area contributed by atoms with E-state index in [0.29, 0.717) is 18.8 Å². The summed E-state index contributed by atoms with van der Waals surface area (Å²) in [6.45, 7) is 3.61. The van der Waals surface area contributed by atoms with Crippen LogP contribution in [0.5, 0.6) is 0 Å². The molecule has 3 aromatic rings. The van der Waals surface area contributed by atoms with Gasteiger partial charge in [0.1, 0.15) is 18.0 Å². The van der Waals surface area contributed by atoms with Crippen molar-refractivity contribution in [1.82, 2.24) is 14.9 Å². The van der Waals surface area contributed by atoms with Crippen molar-refractivity contribution in [2.75, 3.05) is 42.9 Å². The molecule has 150 valence electrons. The fourth-order valence-electron chi connectivity index (χ4n) is 3.47. The first-order valence-corrected chi connectivity index (χ1v) is 9.97. The van der Waals surface area contributed by atoms with Crippen LogP contribution in [0.15, 0.2) is 65.5 Å². The summed E-state index contributed by atoms with van der Waals surface area (Å²) in [7, 11) is 0. The van der Waals surface area contributed by atoms with E-state index >= 15 is 0 Å². The van der Waals surface area contributed by atoms with Crippen molar-refractivity contribution in [3.63, 3.8) is 0 Å². The van der Waals surface area contributed by atoms with Crippen molar-refractivity contribution in [3.05, 3.63) is 72.4 Å². The molecule has 0 saturated carbocycles. The third-order valence-electron chi connectivity index (χ3n) is 5.07. The van der Waals surface area contributed by atoms with Gasteiger partial charge in [-0.25, -0.2) is 9.97 Å². The monoisotopic (exact) mass is 391 g/mol. The third kappa shape index (κ3) is 4.93. The summed E-state index contributed by atoms with van der Waals surface area (Å²) in [5, 5.41) is 3.39. The van der Waals surface area contributed by atoms with Gasteiger partial charge in [-0.1, -0.05) is 30.3 Å². The van der Waals surface area contributed by atoms with E-state index in [9.17, 15) is 4.79 Å². The normalized spacial score (nSPS) is 14.1. The van der Waals surface area contributed by atoms with Gasteiger partial charge in [0.05, 0.1) is 6.26 Å². The highest BCUT2D eigenvalue weighted by atomic mass is 16.3. The number of aromatic nitrogens is 2. The Morgan fingerprint density at radius 3 is 2.62 bits per heavy atom. The highest BCUT2D eigenvalue weighted by molar-refractivity contribution is 5.91. The van der Waals surface area contributed by atoms with Crippen LogP contribution in [0.2, 0.25) is 0 Å². The molecule has 1 aliphatic rings. The predicted molar refractivity (Wildman–Crippen MR) is 112 cm³/mol. The Bertz CT molecular complexity index is 906. The van der Waals surface area contributed by atoms with Gasteiger partial charge in [-0.3, -0.25) is 4.79 Å². The third-order valence-corrected chi connectivity index (χ3v) is 5.07. The Balaban J connectivity index is 1.26. The quantitative estimate of drug-likeness (QED) is 0.624. The minimum atomic E-state index is -0.0573. The molecule has 1 N–H and O–H groups in total. The number of benzene rings is 1. The number of piperazine rings is 1. The Morgan fingerprint density at radius 1 is 1.03 bits per heavy atom. The van der Waals surface area contributed by atoms with Gasteiger partial charge in [-0.15, -0.1) is 0 Å². The molecular formula is C22H25N5O2. The number of hydrogen-bond acceptors (Lipinski definition) is 6. The average molecular weight is 391 g/mol. The van der Waals surface area contributed by atoms with E-state index in [1.54, 1.807) is 18.5 Å². The zero-order chi connectivity index (χ0) is 19.9. The summed E-state index contributed by atoms with van der Waals surface area (Å²) in [5.41, 5.74) is 1.35. The van der Waals surface area contributed by atoms with E-state index in [4.69, 9.17) is 4.42 Å². The number of aryl methyl sites for hydroxylation is 1. The van der Waals surface area contributed by atoms with E-state index in [1.807, 2.05) is 17.0 Å². The number of furan rings is 1. The number of carbonyl (C=O) groups is 1. The van der Waals surface area contributed by atoms with Crippen molar-refractivity contribution in [1.29, 1.82) is 0 Å². The molecular weight excluding hydrogens is 366 g/mol. The van der Waals surface area contributed by atoms with Crippen LogP contribution >= 0.6 is 0 Å². The fraction of sp³-hybridized carbons (Fsp3) is 0.318. The first-order valence-electron chi connectivity index (χ1n) is 9.97. The fourth-order valence-corrected chi connectivity index (χ4v) is 3.47. The zero-order valence-electron chi connectivity index (χ0n) is 16.3. The number of rotatable bonds is 7. The zero-order valence-corrected chi connectivity index (χ0v) is 16.3. The number of nitrogens with zero attached hydrogens (tertiary/aromatic N) is 4. The molecule has 0 bridgehead atoms. The first kappa shape index (κ1) is 19.0. The summed E-state index contributed by atoms with van der Waals surface area (Å²) >= 11 is 0. The number of anilines is 2. The van der Waals surface area contributed by atoms with Crippen LogP contribution in [0.1, 0.15) is 22.5 Å². The second-order valence-corrected chi connectivity index (χ2v) is 7.03. The van der Waals surface area contributed by atoms with E-state index < -0.39 is 0 Å². The summed E-state index contributed by atoms with van der Waals surface area (Å²) in [6, 6.07) is 15.9. The lowest BCUT2D eigenvalue weighted by Gasteiger charge is -2.35. The highest BCUT2D eigenvalue weighted by Gasteiger charge is 2.24. The van der Waals surface area contributed by atoms with Crippen molar-refractivity contribution in [3.8, 4) is 0 Å². The van der Waals surface area contributed by atoms with Gasteiger partial charge in [0.2, 0.25) is 0 Å². The molecule has 2 aromatic heterocycles. The Morgan fingerprint density at radius 2 is 1.86 bits per heavy atom. The molecule has 1 aromatic carbocycles. The number of amides is 1. The molecule has 0 radical (unpaired) electrons. The minimum Gasteiger partial charge on any atom is -0.459 e. The van der Waals surface area contributed by atoms with Gasteiger partial charge in [0.15, 0.2) is 5.76 Å². The molecule has 0 spiro atoms. The molecule has 0 aliphatic carbocycles. The molecule has 3 heterocycles. The van der Waals surface area contributed by atoms with Crippen LogP contribution in [0.4, 0.5) is 11.6 Å². The van der Waals surface area contributed by atoms with Gasteiger partial charge in [-0.2, -0.15) is 0 Å². The summed E-state index contributed by atoms with van der Waals surface area (Å²) in [5.74, 6) is 2.05. The Labute approximate surface area is 170 Å². The SMILES string of the molecule is O=C(c1ccco1)N1CCN(c2cc(NCCCc3ccccc3)ncn2)CC1. The van der Waals surface area contributed by atoms with Crippen LogP contribution in [0.25, 0.3) is 0 Å². The smallest absolute Gasteiger partial charge is 0.289 e. The van der Waals surface area contributed by atoms with Crippen molar-refractivity contribution in [2.45, 2.75) is 12.8 Å². The Kier molecular flexibility index (Phi) is 6.04. The molecule has 0 atom stereocenters. The molecule has 1 amide bonds. The lowest BCUT2D eigenvalue weighted by Crippen LogP contribution is -2.49. The molecule has 0 unspecified atom stereocenters. The summed E-state index contributed by atoms with van der Waals surface area (Å²) in [6.07, 6.45) is 5.20. The second-order valence-electron chi connectivity index (χ2n) is 7.03. The largest absolute Gasteiger partial charge is 0.459 e. The van der Waals surface area contributed by atoms with E-state index in [2.05, 4.69) is 44.5 Å². The van der Waals surface area contributed by atoms with Crippen LogP contribution in [0, 0.1) is 0 Å². The molecule has 1 fully saturated rings. The molecule has 7 nitrogen and oxygen atoms in total. The highest BCUT2D eigenvalue weighted by Crippen LogP contribution is 2.17. The van der Waals surface area contributed by atoms with Crippen molar-refractivity contribution < 1.29 is 9.21 Å². The minimum absolute atomic E-state index is 0.0573. The number of nitrogens with one attached hydrogen (secondary N) is 1. The maximum atomic E-state index is 12.4. The van der Waals surface area contributed by atoms with Crippen molar-refractivity contribution >= 4 is 17.5 Å². The van der Waals surface area contributed by atoms with E-state index in [-0.39, 0.29) is 5.91 Å². The summed E-state index contributed by atoms with van der Waals surface area (Å²) in [4.78, 5) is 25.1. The van der Waals surface area contributed by atoms with Crippen LogP contribution < -0.4 is 10.2 Å². The number of hydrogen-bond donors (Lipinski definition) is 1. The second kappa shape index (κ2) is 9.23. The number of carbonyl (C=O) groups excluding carboxylic acids is 1.